The van der Waals surface area contributed by atoms with Crippen molar-refractivity contribution in [3.63, 3.8) is 0 Å². The minimum atomic E-state index is 0.245. The Morgan fingerprint density at radius 2 is 2.13 bits per heavy atom. The zero-order chi connectivity index (χ0) is 10.8. The molecule has 0 saturated heterocycles. The van der Waals surface area contributed by atoms with Crippen molar-refractivity contribution in [1.29, 1.82) is 0 Å². The van der Waals surface area contributed by atoms with E-state index in [4.69, 9.17) is 17.3 Å². The van der Waals surface area contributed by atoms with E-state index in [0.29, 0.717) is 15.9 Å². The quantitative estimate of drug-likeness (QED) is 0.791. The Morgan fingerprint density at radius 1 is 1.33 bits per heavy atom. The maximum absolute atomic E-state index is 5.76. The summed E-state index contributed by atoms with van der Waals surface area (Å²) in [6, 6.07) is 0. The van der Waals surface area contributed by atoms with Crippen molar-refractivity contribution in [1.82, 2.24) is 24.7 Å². The van der Waals surface area contributed by atoms with Gasteiger partial charge in [-0.25, -0.2) is 19.6 Å². The molecule has 6 nitrogen and oxygen atoms in total. The van der Waals surface area contributed by atoms with Crippen LogP contribution in [0.1, 0.15) is 0 Å². The maximum Gasteiger partial charge on any atom is 0.192 e. The first-order chi connectivity index (χ1) is 7.18. The molecular weight excluding hydrogens is 236 g/mol. The Hall–Kier alpha value is -1.34. The summed E-state index contributed by atoms with van der Waals surface area (Å²) in [7, 11) is 1.79. The monoisotopic (exact) mass is 242 g/mol. The van der Waals surface area contributed by atoms with Crippen LogP contribution in [0.2, 0.25) is 5.15 Å². The lowest BCUT2D eigenvalue weighted by Crippen LogP contribution is -1.97. The fourth-order valence-electron chi connectivity index (χ4n) is 0.905. The number of nitrogens with zero attached hydrogens (tertiary/aromatic N) is 5. The van der Waals surface area contributed by atoms with Crippen LogP contribution in [0, 0.1) is 0 Å². The van der Waals surface area contributed by atoms with Gasteiger partial charge < -0.3 is 5.73 Å². The molecule has 0 fully saturated rings. The number of rotatable bonds is 2. The number of aromatic nitrogens is 5. The smallest absolute Gasteiger partial charge is 0.192 e. The Balaban J connectivity index is 2.33. The van der Waals surface area contributed by atoms with Gasteiger partial charge in [-0.3, -0.25) is 0 Å². The second kappa shape index (κ2) is 4.03. The molecule has 78 valence electrons. The molecular formula is C7H7ClN6S. The van der Waals surface area contributed by atoms with Crippen LogP contribution < -0.4 is 5.73 Å². The summed E-state index contributed by atoms with van der Waals surface area (Å²) in [5, 5.41) is 5.44. The normalized spacial score (nSPS) is 10.5. The zero-order valence-electron chi connectivity index (χ0n) is 7.75. The highest BCUT2D eigenvalue weighted by molar-refractivity contribution is 7.99. The number of hydrogen-bond acceptors (Lipinski definition) is 6. The Kier molecular flexibility index (Phi) is 2.74. The number of nitrogens with two attached hydrogens (primary N) is 1. The molecule has 0 amide bonds. The molecule has 8 heteroatoms. The van der Waals surface area contributed by atoms with Crippen molar-refractivity contribution in [3.05, 3.63) is 17.8 Å². The third-order valence-electron chi connectivity index (χ3n) is 1.66. The Bertz CT molecular complexity index is 484. The van der Waals surface area contributed by atoms with Crippen molar-refractivity contribution >= 4 is 29.1 Å². The molecule has 0 spiro atoms. The van der Waals surface area contributed by atoms with E-state index in [9.17, 15) is 0 Å². The van der Waals surface area contributed by atoms with E-state index in [1.807, 2.05) is 0 Å². The predicted molar refractivity (Wildman–Crippen MR) is 56.6 cm³/mol. The van der Waals surface area contributed by atoms with Gasteiger partial charge in [0.25, 0.3) is 0 Å². The lowest BCUT2D eigenvalue weighted by molar-refractivity contribution is 0.684. The molecule has 0 aliphatic carbocycles. The van der Waals surface area contributed by atoms with Gasteiger partial charge in [0.1, 0.15) is 23.4 Å². The topological polar surface area (TPSA) is 82.5 Å². The molecule has 0 saturated carbocycles. The number of anilines is 1. The molecule has 2 rings (SSSR count). The molecule has 0 aromatic carbocycles. The summed E-state index contributed by atoms with van der Waals surface area (Å²) >= 11 is 7.05. The summed E-state index contributed by atoms with van der Waals surface area (Å²) in [5.41, 5.74) is 6.07. The van der Waals surface area contributed by atoms with Crippen LogP contribution >= 0.6 is 23.4 Å². The first-order valence-electron chi connectivity index (χ1n) is 3.96. The average molecular weight is 243 g/mol. The molecule has 0 radical (unpaired) electrons. The SMILES string of the molecule is Cn1ncnc1Sc1ncnc(Cl)c1N. The summed E-state index contributed by atoms with van der Waals surface area (Å²) < 4.78 is 1.63. The number of nitrogen functional groups attached to an aromatic ring is 1. The average Bonchev–Trinajstić information content (AvgIpc) is 2.60. The minimum Gasteiger partial charge on any atom is -0.394 e. The van der Waals surface area contributed by atoms with Crippen LogP contribution in [-0.2, 0) is 7.05 Å². The second-order valence-electron chi connectivity index (χ2n) is 2.65. The van der Waals surface area contributed by atoms with Crippen molar-refractivity contribution < 1.29 is 0 Å². The van der Waals surface area contributed by atoms with Crippen LogP contribution in [0.25, 0.3) is 0 Å². The Labute approximate surface area is 94.9 Å². The number of aryl methyl sites for hydroxylation is 1. The standard InChI is InChI=1S/C7H7ClN6S/c1-14-7(12-3-13-14)15-6-4(9)5(8)10-2-11-6/h2-3H,9H2,1H3. The number of hydrogen-bond donors (Lipinski definition) is 1. The first kappa shape index (κ1) is 10.2. The van der Waals surface area contributed by atoms with Gasteiger partial charge in [0.15, 0.2) is 10.3 Å². The van der Waals surface area contributed by atoms with Crippen LogP contribution in [0.15, 0.2) is 22.8 Å². The summed E-state index contributed by atoms with van der Waals surface area (Å²) in [5.74, 6) is 0. The molecule has 2 heterocycles. The Morgan fingerprint density at radius 3 is 2.80 bits per heavy atom. The van der Waals surface area contributed by atoms with Crippen molar-refractivity contribution in [2.75, 3.05) is 5.73 Å². The fraction of sp³-hybridized carbons (Fsp3) is 0.143. The van der Waals surface area contributed by atoms with Gasteiger partial charge in [-0.2, -0.15) is 5.10 Å². The molecule has 0 bridgehead atoms. The van der Waals surface area contributed by atoms with Crippen LogP contribution in [0.3, 0.4) is 0 Å². The molecule has 2 aromatic rings. The minimum absolute atomic E-state index is 0.245. The highest BCUT2D eigenvalue weighted by Crippen LogP contribution is 2.30. The highest BCUT2D eigenvalue weighted by atomic mass is 35.5. The van der Waals surface area contributed by atoms with Gasteiger partial charge in [-0.1, -0.05) is 11.6 Å². The van der Waals surface area contributed by atoms with E-state index in [1.165, 1.54) is 24.4 Å². The highest BCUT2D eigenvalue weighted by Gasteiger charge is 2.10. The largest absolute Gasteiger partial charge is 0.394 e. The lowest BCUT2D eigenvalue weighted by Gasteiger charge is -2.03. The zero-order valence-corrected chi connectivity index (χ0v) is 9.33. The molecule has 2 aromatic heterocycles. The second-order valence-corrected chi connectivity index (χ2v) is 3.97. The van der Waals surface area contributed by atoms with Crippen molar-refractivity contribution in [2.45, 2.75) is 10.2 Å². The van der Waals surface area contributed by atoms with Gasteiger partial charge in [0, 0.05) is 7.05 Å². The predicted octanol–water partition coefficient (Wildman–Crippen LogP) is 0.992. The molecule has 0 aliphatic rings. The third-order valence-corrected chi connectivity index (χ3v) is 3.03. The van der Waals surface area contributed by atoms with Gasteiger partial charge in [-0.15, -0.1) is 0 Å². The number of halogens is 1. The van der Waals surface area contributed by atoms with E-state index in [2.05, 4.69) is 20.1 Å². The first-order valence-corrected chi connectivity index (χ1v) is 5.15. The van der Waals surface area contributed by atoms with E-state index in [0.717, 1.165) is 0 Å². The molecule has 0 unspecified atom stereocenters. The fourth-order valence-corrected chi connectivity index (χ4v) is 1.85. The molecule has 15 heavy (non-hydrogen) atoms. The summed E-state index contributed by atoms with van der Waals surface area (Å²) in [4.78, 5) is 11.8. The molecule has 0 atom stereocenters. The molecule has 0 aliphatic heterocycles. The van der Waals surface area contributed by atoms with Gasteiger partial charge in [0.05, 0.1) is 0 Å². The third kappa shape index (κ3) is 2.02. The van der Waals surface area contributed by atoms with E-state index < -0.39 is 0 Å². The van der Waals surface area contributed by atoms with E-state index >= 15 is 0 Å². The van der Waals surface area contributed by atoms with Crippen molar-refractivity contribution in [3.8, 4) is 0 Å². The van der Waals surface area contributed by atoms with Gasteiger partial charge in [-0.05, 0) is 11.8 Å². The van der Waals surface area contributed by atoms with Crippen molar-refractivity contribution in [2.24, 2.45) is 7.05 Å². The van der Waals surface area contributed by atoms with Gasteiger partial charge >= 0.3 is 0 Å². The van der Waals surface area contributed by atoms with E-state index in [1.54, 1.807) is 11.7 Å². The van der Waals surface area contributed by atoms with Crippen LogP contribution in [0.4, 0.5) is 5.69 Å². The van der Waals surface area contributed by atoms with E-state index in [-0.39, 0.29) is 5.15 Å². The lowest BCUT2D eigenvalue weighted by atomic mass is 10.6. The van der Waals surface area contributed by atoms with Gasteiger partial charge in [0.2, 0.25) is 0 Å². The van der Waals surface area contributed by atoms with Crippen LogP contribution in [-0.4, -0.2) is 24.7 Å². The summed E-state index contributed by atoms with van der Waals surface area (Å²) in [6.07, 6.45) is 2.82. The maximum atomic E-state index is 5.76. The molecule has 2 N–H and O–H groups in total. The summed E-state index contributed by atoms with van der Waals surface area (Å²) in [6.45, 7) is 0. The van der Waals surface area contributed by atoms with Crippen LogP contribution in [0.5, 0.6) is 0 Å².